The number of rotatable bonds is 4. The van der Waals surface area contributed by atoms with E-state index in [4.69, 9.17) is 4.74 Å². The van der Waals surface area contributed by atoms with E-state index in [2.05, 4.69) is 22.3 Å². The smallest absolute Gasteiger partial charge is 0.260 e. The fraction of sp³-hybridized carbons (Fsp3) is 0.348. The Bertz CT molecular complexity index is 1170. The third-order valence-corrected chi connectivity index (χ3v) is 8.02. The summed E-state index contributed by atoms with van der Waals surface area (Å²) in [5.41, 5.74) is 5.53. The van der Waals surface area contributed by atoms with Gasteiger partial charge in [-0.2, -0.15) is 0 Å². The monoisotopic (exact) mass is 424 g/mol. The van der Waals surface area contributed by atoms with Gasteiger partial charge in [-0.05, 0) is 31.5 Å². The lowest BCUT2D eigenvalue weighted by molar-refractivity contribution is -0.110. The van der Waals surface area contributed by atoms with Gasteiger partial charge < -0.3 is 15.0 Å². The van der Waals surface area contributed by atoms with Crippen LogP contribution in [0.15, 0.2) is 42.5 Å². The molecular formula is C23H24N2O4S. The van der Waals surface area contributed by atoms with Crippen molar-refractivity contribution >= 4 is 32.8 Å². The molecule has 2 aromatic carbocycles. The van der Waals surface area contributed by atoms with Crippen molar-refractivity contribution in [3.05, 3.63) is 64.7 Å². The summed E-state index contributed by atoms with van der Waals surface area (Å²) in [5.74, 6) is 1.08. The summed E-state index contributed by atoms with van der Waals surface area (Å²) in [6.45, 7) is 1.26. The van der Waals surface area contributed by atoms with Gasteiger partial charge in [0.1, 0.15) is 12.4 Å². The van der Waals surface area contributed by atoms with Crippen LogP contribution in [0.1, 0.15) is 28.7 Å². The second kappa shape index (κ2) is 7.25. The Hall–Kier alpha value is -2.64. The van der Waals surface area contributed by atoms with Crippen LogP contribution >= 0.6 is 0 Å². The number of anilines is 1. The topological polar surface area (TPSA) is 75.7 Å². The van der Waals surface area contributed by atoms with E-state index in [0.29, 0.717) is 23.7 Å². The predicted octanol–water partition coefficient (Wildman–Crippen LogP) is 2.70. The molecule has 3 heterocycles. The molecular weight excluding hydrogens is 400 g/mol. The molecule has 3 aliphatic rings. The highest BCUT2D eigenvalue weighted by molar-refractivity contribution is 7.91. The first kappa shape index (κ1) is 19.3. The second-order valence-electron chi connectivity index (χ2n) is 8.27. The van der Waals surface area contributed by atoms with Gasteiger partial charge in [0, 0.05) is 35.0 Å². The van der Waals surface area contributed by atoms with Crippen LogP contribution in [0, 0.1) is 0 Å². The van der Waals surface area contributed by atoms with E-state index in [1.807, 2.05) is 37.4 Å². The number of likely N-dealkylation sites (N-methyl/N-ethyl adjacent to an activating group) is 1. The Kier molecular flexibility index (Phi) is 4.67. The van der Waals surface area contributed by atoms with Crippen LogP contribution in [0.4, 0.5) is 5.69 Å². The lowest BCUT2D eigenvalue weighted by atomic mass is 9.98. The molecule has 0 bridgehead atoms. The standard InChI is InChI=1S/C23H24N2O4S/c1-25(17-9-11-30(27,28)14-17)10-8-15-6-7-18-16(12-15)13-29-22(18)21-19-4-2-3-5-20(19)24-23(21)26/h2-7,12,17H,8-11,13-14H2,1H3,(H,24,26). The first-order valence-corrected chi connectivity index (χ1v) is 12.0. The van der Waals surface area contributed by atoms with Gasteiger partial charge in [0.15, 0.2) is 9.84 Å². The molecule has 1 atom stereocenters. The lowest BCUT2D eigenvalue weighted by Gasteiger charge is -2.23. The number of sulfone groups is 1. The molecule has 1 amide bonds. The molecule has 2 aromatic rings. The number of hydrogen-bond donors (Lipinski definition) is 1. The molecule has 30 heavy (non-hydrogen) atoms. The minimum absolute atomic E-state index is 0.116. The molecule has 0 aliphatic carbocycles. The van der Waals surface area contributed by atoms with Crippen molar-refractivity contribution in [3.63, 3.8) is 0 Å². The number of hydrogen-bond acceptors (Lipinski definition) is 5. The fourth-order valence-corrected chi connectivity index (χ4v) is 6.34. The molecule has 5 rings (SSSR count). The first-order valence-electron chi connectivity index (χ1n) is 10.2. The number of fused-ring (bicyclic) bond motifs is 2. The SMILES string of the molecule is CN(CCc1ccc2c(c1)COC2=C1C(=O)Nc2ccccc21)C1CCS(=O)(=O)C1. The number of benzene rings is 2. The summed E-state index contributed by atoms with van der Waals surface area (Å²) in [7, 11) is -0.867. The fourth-order valence-electron chi connectivity index (χ4n) is 4.53. The van der Waals surface area contributed by atoms with Crippen molar-refractivity contribution in [2.45, 2.75) is 25.5 Å². The molecule has 1 N–H and O–H groups in total. The van der Waals surface area contributed by atoms with E-state index >= 15 is 0 Å². The van der Waals surface area contributed by atoms with Gasteiger partial charge in [0.2, 0.25) is 0 Å². The number of carbonyl (C=O) groups is 1. The van der Waals surface area contributed by atoms with E-state index in [0.717, 1.165) is 41.8 Å². The van der Waals surface area contributed by atoms with Crippen molar-refractivity contribution in [2.24, 2.45) is 0 Å². The minimum Gasteiger partial charge on any atom is -0.487 e. The van der Waals surface area contributed by atoms with Crippen LogP contribution in [0.2, 0.25) is 0 Å². The molecule has 1 unspecified atom stereocenters. The maximum absolute atomic E-state index is 12.5. The highest BCUT2D eigenvalue weighted by atomic mass is 32.2. The van der Waals surface area contributed by atoms with Gasteiger partial charge in [0.05, 0.1) is 17.1 Å². The van der Waals surface area contributed by atoms with Crippen LogP contribution < -0.4 is 5.32 Å². The Morgan fingerprint density at radius 2 is 2.00 bits per heavy atom. The zero-order valence-corrected chi connectivity index (χ0v) is 17.7. The van der Waals surface area contributed by atoms with E-state index in [1.54, 1.807) is 0 Å². The number of para-hydroxylation sites is 1. The Labute approximate surface area is 176 Å². The third kappa shape index (κ3) is 3.42. The molecule has 3 aliphatic heterocycles. The summed E-state index contributed by atoms with van der Waals surface area (Å²) < 4.78 is 29.4. The average Bonchev–Trinajstić information content (AvgIpc) is 3.39. The van der Waals surface area contributed by atoms with E-state index in [-0.39, 0.29) is 17.7 Å². The Morgan fingerprint density at radius 1 is 1.17 bits per heavy atom. The molecule has 0 spiro atoms. The first-order chi connectivity index (χ1) is 14.4. The van der Waals surface area contributed by atoms with E-state index < -0.39 is 9.84 Å². The summed E-state index contributed by atoms with van der Waals surface area (Å²) in [6, 6.07) is 14.0. The van der Waals surface area contributed by atoms with Crippen molar-refractivity contribution in [1.29, 1.82) is 0 Å². The molecule has 0 radical (unpaired) electrons. The second-order valence-corrected chi connectivity index (χ2v) is 10.5. The molecule has 7 heteroatoms. The minimum atomic E-state index is -2.87. The normalized spacial score (nSPS) is 23.9. The van der Waals surface area contributed by atoms with Crippen molar-refractivity contribution in [3.8, 4) is 0 Å². The largest absolute Gasteiger partial charge is 0.487 e. The maximum atomic E-state index is 12.5. The number of nitrogens with one attached hydrogen (secondary N) is 1. The molecule has 156 valence electrons. The van der Waals surface area contributed by atoms with Crippen LogP contribution in [0.3, 0.4) is 0 Å². The average molecular weight is 425 g/mol. The Balaban J connectivity index is 1.34. The predicted molar refractivity (Wildman–Crippen MR) is 117 cm³/mol. The van der Waals surface area contributed by atoms with Crippen molar-refractivity contribution in [2.75, 3.05) is 30.4 Å². The zero-order valence-electron chi connectivity index (χ0n) is 16.8. The van der Waals surface area contributed by atoms with Crippen LogP contribution in [-0.4, -0.2) is 50.4 Å². The summed E-state index contributed by atoms with van der Waals surface area (Å²) in [6.07, 6.45) is 1.56. The number of ether oxygens (including phenoxy) is 1. The molecule has 6 nitrogen and oxygen atoms in total. The number of amides is 1. The summed E-state index contributed by atoms with van der Waals surface area (Å²) in [4.78, 5) is 14.7. The molecule has 1 fully saturated rings. The quantitative estimate of drug-likeness (QED) is 0.764. The van der Waals surface area contributed by atoms with Gasteiger partial charge in [-0.3, -0.25) is 4.79 Å². The van der Waals surface area contributed by atoms with Crippen LogP contribution in [-0.2, 0) is 32.4 Å². The van der Waals surface area contributed by atoms with Crippen molar-refractivity contribution < 1.29 is 17.9 Å². The molecule has 0 saturated carbocycles. The van der Waals surface area contributed by atoms with Gasteiger partial charge in [-0.15, -0.1) is 0 Å². The Morgan fingerprint density at radius 3 is 2.80 bits per heavy atom. The van der Waals surface area contributed by atoms with Gasteiger partial charge in [-0.1, -0.05) is 36.4 Å². The van der Waals surface area contributed by atoms with Crippen LogP contribution in [0.25, 0.3) is 11.3 Å². The maximum Gasteiger partial charge on any atom is 0.260 e. The van der Waals surface area contributed by atoms with Gasteiger partial charge in [-0.25, -0.2) is 8.42 Å². The van der Waals surface area contributed by atoms with E-state index in [1.165, 1.54) is 5.56 Å². The molecule has 1 saturated heterocycles. The summed E-state index contributed by atoms with van der Waals surface area (Å²) >= 11 is 0. The highest BCUT2D eigenvalue weighted by Crippen LogP contribution is 2.41. The van der Waals surface area contributed by atoms with E-state index in [9.17, 15) is 13.2 Å². The lowest BCUT2D eigenvalue weighted by Crippen LogP contribution is -2.34. The number of nitrogens with zero attached hydrogens (tertiary/aromatic N) is 1. The molecule has 0 aromatic heterocycles. The zero-order chi connectivity index (χ0) is 20.9. The van der Waals surface area contributed by atoms with Gasteiger partial charge in [0.25, 0.3) is 5.91 Å². The third-order valence-electron chi connectivity index (χ3n) is 6.27. The van der Waals surface area contributed by atoms with Crippen LogP contribution in [0.5, 0.6) is 0 Å². The highest BCUT2D eigenvalue weighted by Gasteiger charge is 2.33. The summed E-state index contributed by atoms with van der Waals surface area (Å²) in [5, 5.41) is 2.91. The van der Waals surface area contributed by atoms with Crippen molar-refractivity contribution in [1.82, 2.24) is 4.90 Å². The number of carbonyl (C=O) groups excluding carboxylic acids is 1. The van der Waals surface area contributed by atoms with Gasteiger partial charge >= 0.3 is 0 Å².